The van der Waals surface area contributed by atoms with E-state index >= 15 is 0 Å². The second-order valence-corrected chi connectivity index (χ2v) is 9.84. The molecule has 2 saturated carbocycles. The van der Waals surface area contributed by atoms with E-state index in [-0.39, 0.29) is 12.1 Å². The topological polar surface area (TPSA) is 46.5 Å². The summed E-state index contributed by atoms with van der Waals surface area (Å²) in [7, 11) is 1.40. The van der Waals surface area contributed by atoms with E-state index in [9.17, 15) is 9.90 Å². The predicted octanol–water partition coefficient (Wildman–Crippen LogP) is 7.80. The molecule has 3 nitrogen and oxygen atoms in total. The first-order valence-corrected chi connectivity index (χ1v) is 13.2. The second-order valence-electron chi connectivity index (χ2n) is 8.67. The van der Waals surface area contributed by atoms with Crippen molar-refractivity contribution in [1.29, 1.82) is 0 Å². The molecular weight excluding hydrogens is 392 g/mol. The molecule has 0 radical (unpaired) electrons. The van der Waals surface area contributed by atoms with Gasteiger partial charge in [0.15, 0.2) is 0 Å². The molecule has 30 heavy (non-hydrogen) atoms. The van der Waals surface area contributed by atoms with Gasteiger partial charge < -0.3 is 9.84 Å². The van der Waals surface area contributed by atoms with Gasteiger partial charge in [0, 0.05) is 4.88 Å². The van der Waals surface area contributed by atoms with Crippen molar-refractivity contribution in [2.75, 3.05) is 7.11 Å². The van der Waals surface area contributed by atoms with E-state index in [1.54, 1.807) is 0 Å². The molecule has 0 aromatic carbocycles. The van der Waals surface area contributed by atoms with E-state index in [4.69, 9.17) is 0 Å². The number of aliphatic hydroxyl groups excluding tert-OH is 1. The number of thiophene rings is 1. The third kappa shape index (κ3) is 8.34. The van der Waals surface area contributed by atoms with Gasteiger partial charge in [-0.15, -0.1) is 11.3 Å². The van der Waals surface area contributed by atoms with Crippen LogP contribution in [0.25, 0.3) is 0 Å². The molecular formula is C26H46O3S. The van der Waals surface area contributed by atoms with Gasteiger partial charge in [-0.3, -0.25) is 0 Å². The molecule has 0 aliphatic heterocycles. The quantitative estimate of drug-likeness (QED) is 0.400. The molecule has 1 N–H and O–H groups in total. The Hall–Kier alpha value is -0.870. The molecule has 2 fully saturated rings. The van der Waals surface area contributed by atoms with Crippen molar-refractivity contribution in [1.82, 2.24) is 0 Å². The van der Waals surface area contributed by atoms with Gasteiger partial charge in [-0.25, -0.2) is 4.79 Å². The zero-order valence-electron chi connectivity index (χ0n) is 20.2. The van der Waals surface area contributed by atoms with Gasteiger partial charge in [0.1, 0.15) is 4.88 Å². The fourth-order valence-corrected chi connectivity index (χ4v) is 5.75. The number of rotatable bonds is 9. The van der Waals surface area contributed by atoms with Crippen molar-refractivity contribution in [2.24, 2.45) is 11.3 Å². The first-order chi connectivity index (χ1) is 14.5. The number of methoxy groups -OCH3 is 1. The molecule has 174 valence electrons. The first-order valence-electron chi connectivity index (χ1n) is 12.4. The van der Waals surface area contributed by atoms with E-state index in [2.05, 4.69) is 18.6 Å². The lowest BCUT2D eigenvalue weighted by atomic mass is 9.62. The van der Waals surface area contributed by atoms with Crippen molar-refractivity contribution in [3.05, 3.63) is 21.9 Å². The van der Waals surface area contributed by atoms with Crippen molar-refractivity contribution < 1.29 is 14.6 Å². The smallest absolute Gasteiger partial charge is 0.348 e. The summed E-state index contributed by atoms with van der Waals surface area (Å²) in [5.74, 6) is 0.758. The standard InChI is InChI=1S/C15H28O.C9H12O2S.C2H6/c1-2-15(11-6-12-15)14(16)10-5-9-13-7-3-4-8-13;1-3-4-7-5-6-8(12-7)9(10)11-2;1-2/h13-14,16H,2-12H2,1H3;5-6H,3-4H2,1-2H3;1-2H3. The number of aliphatic hydroxyl groups is 1. The van der Waals surface area contributed by atoms with Crippen LogP contribution < -0.4 is 0 Å². The van der Waals surface area contributed by atoms with E-state index in [1.165, 1.54) is 87.5 Å². The molecule has 0 saturated heterocycles. The van der Waals surface area contributed by atoms with Crippen LogP contribution >= 0.6 is 11.3 Å². The van der Waals surface area contributed by atoms with Crippen LogP contribution in [0.15, 0.2) is 12.1 Å². The monoisotopic (exact) mass is 438 g/mol. The second kappa shape index (κ2) is 15.0. The molecule has 0 spiro atoms. The van der Waals surface area contributed by atoms with Gasteiger partial charge in [0.05, 0.1) is 13.2 Å². The zero-order chi connectivity index (χ0) is 22.4. The summed E-state index contributed by atoms with van der Waals surface area (Å²) in [5, 5.41) is 10.3. The summed E-state index contributed by atoms with van der Waals surface area (Å²) in [5.41, 5.74) is 0.329. The normalized spacial score (nSPS) is 18.3. The number of carbonyl (C=O) groups is 1. The van der Waals surface area contributed by atoms with E-state index in [1.807, 2.05) is 26.0 Å². The third-order valence-electron chi connectivity index (χ3n) is 6.87. The number of aryl methyl sites for hydroxylation is 1. The van der Waals surface area contributed by atoms with Crippen molar-refractivity contribution in [3.8, 4) is 0 Å². The van der Waals surface area contributed by atoms with Crippen molar-refractivity contribution in [2.45, 2.75) is 117 Å². The Morgan fingerprint density at radius 1 is 1.20 bits per heavy atom. The molecule has 1 unspecified atom stereocenters. The maximum absolute atomic E-state index is 11.0. The molecule has 2 aliphatic carbocycles. The molecule has 1 aromatic rings. The maximum atomic E-state index is 11.0. The Balaban J connectivity index is 0.000000287. The molecule has 0 bridgehead atoms. The number of esters is 1. The Kier molecular flexibility index (Phi) is 13.6. The lowest BCUT2D eigenvalue weighted by Crippen LogP contribution is -2.40. The lowest BCUT2D eigenvalue weighted by Gasteiger charge is -2.45. The maximum Gasteiger partial charge on any atom is 0.348 e. The minimum absolute atomic E-state index is 0.00680. The van der Waals surface area contributed by atoms with Crippen LogP contribution in [0.3, 0.4) is 0 Å². The highest BCUT2D eigenvalue weighted by Gasteiger charge is 2.41. The number of hydrogen-bond acceptors (Lipinski definition) is 4. The minimum atomic E-state index is -0.234. The Bertz CT molecular complexity index is 565. The molecule has 1 aromatic heterocycles. The largest absolute Gasteiger partial charge is 0.465 e. The predicted molar refractivity (Wildman–Crippen MR) is 129 cm³/mol. The molecule has 2 aliphatic rings. The van der Waals surface area contributed by atoms with Gasteiger partial charge in [0.25, 0.3) is 0 Å². The highest BCUT2D eigenvalue weighted by molar-refractivity contribution is 7.13. The Labute approximate surface area is 189 Å². The average Bonchev–Trinajstić information content (AvgIpc) is 3.42. The van der Waals surface area contributed by atoms with Crippen LogP contribution in [0, 0.1) is 11.3 Å². The van der Waals surface area contributed by atoms with Crippen LogP contribution in [0.1, 0.15) is 119 Å². The fourth-order valence-electron chi connectivity index (χ4n) is 4.73. The molecule has 3 rings (SSSR count). The molecule has 4 heteroatoms. The van der Waals surface area contributed by atoms with Crippen LogP contribution in [0.2, 0.25) is 0 Å². The number of hydrogen-bond donors (Lipinski definition) is 1. The first kappa shape index (κ1) is 27.2. The fraction of sp³-hybridized carbons (Fsp3) is 0.808. The summed E-state index contributed by atoms with van der Waals surface area (Å²) in [4.78, 5) is 13.0. The summed E-state index contributed by atoms with van der Waals surface area (Å²) < 4.78 is 4.60. The van der Waals surface area contributed by atoms with Gasteiger partial charge in [0.2, 0.25) is 0 Å². The summed E-state index contributed by atoms with van der Waals surface area (Å²) in [6.07, 6.45) is 16.7. The molecule has 1 atom stereocenters. The van der Waals surface area contributed by atoms with Gasteiger partial charge in [-0.2, -0.15) is 0 Å². The zero-order valence-corrected chi connectivity index (χ0v) is 21.0. The van der Waals surface area contributed by atoms with Gasteiger partial charge >= 0.3 is 5.97 Å². The lowest BCUT2D eigenvalue weighted by molar-refractivity contribution is -0.0435. The Morgan fingerprint density at radius 2 is 1.87 bits per heavy atom. The van der Waals surface area contributed by atoms with E-state index in [0.717, 1.165) is 25.2 Å². The number of ether oxygens (including phenoxy) is 1. The highest BCUT2D eigenvalue weighted by Crippen LogP contribution is 2.48. The van der Waals surface area contributed by atoms with Crippen LogP contribution in [0.5, 0.6) is 0 Å². The van der Waals surface area contributed by atoms with E-state index in [0.29, 0.717) is 10.3 Å². The van der Waals surface area contributed by atoms with Crippen LogP contribution in [-0.4, -0.2) is 24.3 Å². The molecule has 0 amide bonds. The van der Waals surface area contributed by atoms with Crippen molar-refractivity contribution in [3.63, 3.8) is 0 Å². The highest BCUT2D eigenvalue weighted by atomic mass is 32.1. The SMILES string of the molecule is CC.CCC1(C(O)CCCC2CCCC2)CCC1.CCCc1ccc(C(=O)OC)s1. The van der Waals surface area contributed by atoms with Crippen molar-refractivity contribution >= 4 is 17.3 Å². The van der Waals surface area contributed by atoms with Gasteiger partial charge in [-0.1, -0.05) is 79.1 Å². The summed E-state index contributed by atoms with van der Waals surface area (Å²) >= 11 is 1.52. The van der Waals surface area contributed by atoms with E-state index < -0.39 is 0 Å². The summed E-state index contributed by atoms with van der Waals surface area (Å²) in [6, 6.07) is 3.81. The molecule has 1 heterocycles. The van der Waals surface area contributed by atoms with Gasteiger partial charge in [-0.05, 0) is 55.6 Å². The average molecular weight is 439 g/mol. The van der Waals surface area contributed by atoms with Crippen LogP contribution in [-0.2, 0) is 11.2 Å². The number of carbonyl (C=O) groups excluding carboxylic acids is 1. The third-order valence-corrected chi connectivity index (χ3v) is 7.99. The van der Waals surface area contributed by atoms with Crippen LogP contribution in [0.4, 0.5) is 0 Å². The Morgan fingerprint density at radius 3 is 2.37 bits per heavy atom. The minimum Gasteiger partial charge on any atom is -0.465 e. The summed E-state index contributed by atoms with van der Waals surface area (Å²) in [6.45, 7) is 8.37.